The lowest BCUT2D eigenvalue weighted by Crippen LogP contribution is -2.53. The first-order valence-electron chi connectivity index (χ1n) is 13.8. The molecular formula is C33H33BrFN3O4S. The molecule has 0 aliphatic rings. The average Bonchev–Trinajstić information content (AvgIpc) is 3.00. The Hall–Kier alpha value is -4.02. The number of likely N-dealkylation sites (N-methyl/N-ethyl adjacent to an activating group) is 1. The molecule has 0 spiro atoms. The summed E-state index contributed by atoms with van der Waals surface area (Å²) in [5.41, 5.74) is 2.59. The largest absolute Gasteiger partial charge is 0.355 e. The van der Waals surface area contributed by atoms with Crippen LogP contribution in [0, 0.1) is 12.7 Å². The van der Waals surface area contributed by atoms with Gasteiger partial charge in [0.05, 0.1) is 10.6 Å². The SMILES string of the molecule is CCNC(=O)[C@@H](Cc1ccccc1)N(Cc1ccc(Br)cc1)C(=O)CN(c1ccc(F)cc1)S(=O)(=O)c1ccc(C)cc1. The van der Waals surface area contributed by atoms with Crippen molar-refractivity contribution in [1.29, 1.82) is 0 Å². The van der Waals surface area contributed by atoms with Crippen LogP contribution in [0.15, 0.2) is 112 Å². The van der Waals surface area contributed by atoms with Gasteiger partial charge >= 0.3 is 0 Å². The zero-order chi connectivity index (χ0) is 31.0. The van der Waals surface area contributed by atoms with Gasteiger partial charge in [-0.2, -0.15) is 0 Å². The molecule has 0 aliphatic heterocycles. The molecule has 0 aromatic heterocycles. The lowest BCUT2D eigenvalue weighted by Gasteiger charge is -2.33. The van der Waals surface area contributed by atoms with Gasteiger partial charge in [-0.1, -0.05) is 76.1 Å². The molecule has 0 saturated carbocycles. The van der Waals surface area contributed by atoms with E-state index in [0.717, 1.165) is 37.6 Å². The van der Waals surface area contributed by atoms with Crippen LogP contribution >= 0.6 is 15.9 Å². The first-order chi connectivity index (χ1) is 20.6. The Balaban J connectivity index is 1.78. The van der Waals surface area contributed by atoms with Gasteiger partial charge in [0.2, 0.25) is 11.8 Å². The molecule has 4 aromatic rings. The van der Waals surface area contributed by atoms with Crippen molar-refractivity contribution in [1.82, 2.24) is 10.2 Å². The van der Waals surface area contributed by atoms with E-state index in [0.29, 0.717) is 6.54 Å². The van der Waals surface area contributed by atoms with Crippen LogP contribution in [0.5, 0.6) is 0 Å². The predicted molar refractivity (Wildman–Crippen MR) is 169 cm³/mol. The van der Waals surface area contributed by atoms with E-state index in [-0.39, 0.29) is 29.5 Å². The second kappa shape index (κ2) is 14.4. The number of nitrogens with one attached hydrogen (secondary N) is 1. The number of nitrogens with zero attached hydrogens (tertiary/aromatic N) is 2. The second-order valence-electron chi connectivity index (χ2n) is 10.0. The summed E-state index contributed by atoms with van der Waals surface area (Å²) < 4.78 is 43.6. The third-order valence-corrected chi connectivity index (χ3v) is 9.21. The van der Waals surface area contributed by atoms with E-state index in [1.807, 2.05) is 61.5 Å². The molecule has 0 saturated heterocycles. The Labute approximate surface area is 260 Å². The molecule has 7 nitrogen and oxygen atoms in total. The van der Waals surface area contributed by atoms with Crippen molar-refractivity contribution in [2.24, 2.45) is 0 Å². The van der Waals surface area contributed by atoms with Crippen LogP contribution in [-0.2, 0) is 32.6 Å². The summed E-state index contributed by atoms with van der Waals surface area (Å²) in [7, 11) is -4.25. The Kier molecular flexibility index (Phi) is 10.7. The molecule has 224 valence electrons. The number of amides is 2. The topological polar surface area (TPSA) is 86.8 Å². The zero-order valence-electron chi connectivity index (χ0n) is 23.9. The Bertz CT molecular complexity index is 1630. The van der Waals surface area contributed by atoms with Crippen molar-refractivity contribution in [3.63, 3.8) is 0 Å². The third kappa shape index (κ3) is 8.30. The summed E-state index contributed by atoms with van der Waals surface area (Å²) in [4.78, 5) is 29.2. The highest BCUT2D eigenvalue weighted by molar-refractivity contribution is 9.10. The summed E-state index contributed by atoms with van der Waals surface area (Å²) >= 11 is 3.42. The van der Waals surface area contributed by atoms with Crippen LogP contribution in [0.25, 0.3) is 0 Å². The molecule has 4 rings (SSSR count). The van der Waals surface area contributed by atoms with Gasteiger partial charge in [-0.3, -0.25) is 13.9 Å². The maximum absolute atomic E-state index is 14.3. The van der Waals surface area contributed by atoms with Gasteiger partial charge in [-0.25, -0.2) is 12.8 Å². The van der Waals surface area contributed by atoms with E-state index in [4.69, 9.17) is 0 Å². The summed E-state index contributed by atoms with van der Waals surface area (Å²) in [6, 6.07) is 26.9. The molecule has 1 N–H and O–H groups in total. The summed E-state index contributed by atoms with van der Waals surface area (Å²) in [6.45, 7) is 3.44. The molecule has 0 bridgehead atoms. The van der Waals surface area contributed by atoms with E-state index in [2.05, 4.69) is 21.2 Å². The third-order valence-electron chi connectivity index (χ3n) is 6.89. The number of benzene rings is 4. The highest BCUT2D eigenvalue weighted by Crippen LogP contribution is 2.26. The van der Waals surface area contributed by atoms with E-state index >= 15 is 0 Å². The number of halogens is 2. The zero-order valence-corrected chi connectivity index (χ0v) is 26.3. The molecule has 0 heterocycles. The molecule has 0 fully saturated rings. The van der Waals surface area contributed by atoms with Crippen LogP contribution in [0.1, 0.15) is 23.6 Å². The molecule has 4 aromatic carbocycles. The van der Waals surface area contributed by atoms with Gasteiger partial charge in [-0.05, 0) is 73.5 Å². The van der Waals surface area contributed by atoms with E-state index in [9.17, 15) is 22.4 Å². The Morgan fingerprint density at radius 2 is 1.49 bits per heavy atom. The number of rotatable bonds is 12. The van der Waals surface area contributed by atoms with Crippen molar-refractivity contribution in [2.45, 2.75) is 37.8 Å². The van der Waals surface area contributed by atoms with Gasteiger partial charge in [0.15, 0.2) is 0 Å². The van der Waals surface area contributed by atoms with Crippen molar-refractivity contribution < 1.29 is 22.4 Å². The molecule has 0 aliphatic carbocycles. The van der Waals surface area contributed by atoms with Gasteiger partial charge in [0.1, 0.15) is 18.4 Å². The predicted octanol–water partition coefficient (Wildman–Crippen LogP) is 5.87. The van der Waals surface area contributed by atoms with Crippen molar-refractivity contribution in [3.05, 3.63) is 130 Å². The maximum atomic E-state index is 14.3. The molecular weight excluding hydrogens is 633 g/mol. The average molecular weight is 667 g/mol. The number of carbonyl (C=O) groups is 2. The Morgan fingerprint density at radius 3 is 2.09 bits per heavy atom. The quantitative estimate of drug-likeness (QED) is 0.205. The van der Waals surface area contributed by atoms with Crippen LogP contribution in [0.4, 0.5) is 10.1 Å². The number of aryl methyl sites for hydroxylation is 1. The monoisotopic (exact) mass is 665 g/mol. The number of sulfonamides is 1. The summed E-state index contributed by atoms with van der Waals surface area (Å²) in [6.07, 6.45) is 0.218. The fourth-order valence-corrected chi connectivity index (χ4v) is 6.28. The van der Waals surface area contributed by atoms with Crippen LogP contribution in [0.2, 0.25) is 0 Å². The number of hydrogen-bond donors (Lipinski definition) is 1. The van der Waals surface area contributed by atoms with Gasteiger partial charge in [0.25, 0.3) is 10.0 Å². The number of hydrogen-bond acceptors (Lipinski definition) is 4. The lowest BCUT2D eigenvalue weighted by molar-refractivity contribution is -0.140. The van der Waals surface area contributed by atoms with E-state index in [1.54, 1.807) is 19.1 Å². The molecule has 10 heteroatoms. The molecule has 1 atom stereocenters. The minimum Gasteiger partial charge on any atom is -0.355 e. The first kappa shape index (κ1) is 31.9. The van der Waals surface area contributed by atoms with Crippen molar-refractivity contribution in [3.8, 4) is 0 Å². The van der Waals surface area contributed by atoms with E-state index in [1.165, 1.54) is 29.2 Å². The van der Waals surface area contributed by atoms with Crippen molar-refractivity contribution in [2.75, 3.05) is 17.4 Å². The lowest BCUT2D eigenvalue weighted by atomic mass is 10.0. The normalized spacial score (nSPS) is 11.9. The minimum absolute atomic E-state index is 0.0146. The molecule has 2 amide bonds. The van der Waals surface area contributed by atoms with Gasteiger partial charge < -0.3 is 10.2 Å². The molecule has 43 heavy (non-hydrogen) atoms. The minimum atomic E-state index is -4.25. The van der Waals surface area contributed by atoms with Crippen LogP contribution in [-0.4, -0.2) is 44.3 Å². The molecule has 0 unspecified atom stereocenters. The maximum Gasteiger partial charge on any atom is 0.264 e. The number of carbonyl (C=O) groups excluding carboxylic acids is 2. The fraction of sp³-hybridized carbons (Fsp3) is 0.212. The van der Waals surface area contributed by atoms with Gasteiger partial charge in [0, 0.05) is 24.0 Å². The smallest absolute Gasteiger partial charge is 0.264 e. The van der Waals surface area contributed by atoms with E-state index < -0.39 is 34.3 Å². The van der Waals surface area contributed by atoms with Crippen LogP contribution in [0.3, 0.4) is 0 Å². The molecule has 0 radical (unpaired) electrons. The highest BCUT2D eigenvalue weighted by atomic mass is 79.9. The summed E-state index contributed by atoms with van der Waals surface area (Å²) in [5, 5.41) is 2.83. The fourth-order valence-electron chi connectivity index (χ4n) is 4.61. The second-order valence-corrected chi connectivity index (χ2v) is 12.8. The summed E-state index contributed by atoms with van der Waals surface area (Å²) in [5.74, 6) is -1.49. The van der Waals surface area contributed by atoms with Gasteiger partial charge in [-0.15, -0.1) is 0 Å². The standard InChI is InChI=1S/C33H33BrFN3O4S/c1-3-36-33(40)31(21-25-7-5-4-6-8-25)37(22-26-11-13-27(34)14-12-26)32(39)23-38(29-17-15-28(35)16-18-29)43(41,42)30-19-9-24(2)10-20-30/h4-20,31H,3,21-23H2,1-2H3,(H,36,40)/t31-/m1/s1. The Morgan fingerprint density at radius 1 is 0.860 bits per heavy atom. The van der Waals surface area contributed by atoms with Crippen LogP contribution < -0.4 is 9.62 Å². The highest BCUT2D eigenvalue weighted by Gasteiger charge is 2.34. The first-order valence-corrected chi connectivity index (χ1v) is 16.0. The van der Waals surface area contributed by atoms with Crippen molar-refractivity contribution >= 4 is 43.5 Å². The number of anilines is 1.